The summed E-state index contributed by atoms with van der Waals surface area (Å²) in [5.41, 5.74) is 0. The van der Waals surface area contributed by atoms with Crippen LogP contribution < -0.4 is 10.6 Å². The van der Waals surface area contributed by atoms with Crippen molar-refractivity contribution in [2.75, 3.05) is 13.1 Å². The van der Waals surface area contributed by atoms with Gasteiger partial charge in [0.15, 0.2) is 5.76 Å². The summed E-state index contributed by atoms with van der Waals surface area (Å²) in [6, 6.07) is 3.29. The van der Waals surface area contributed by atoms with E-state index in [0.717, 1.165) is 18.9 Å². The molecule has 1 aromatic rings. The fourth-order valence-electron chi connectivity index (χ4n) is 2.95. The zero-order valence-corrected chi connectivity index (χ0v) is 13.1. The molecular formula is C17H26N2O3. The Morgan fingerprint density at radius 3 is 2.64 bits per heavy atom. The predicted molar refractivity (Wildman–Crippen MR) is 84.5 cm³/mol. The molecule has 0 atom stereocenters. The van der Waals surface area contributed by atoms with Crippen LogP contribution in [0.25, 0.3) is 0 Å². The number of furan rings is 1. The van der Waals surface area contributed by atoms with Crippen LogP contribution in [0.1, 0.15) is 61.9 Å². The van der Waals surface area contributed by atoms with Gasteiger partial charge in [-0.15, -0.1) is 0 Å². The molecule has 0 unspecified atom stereocenters. The second-order valence-electron chi connectivity index (χ2n) is 5.98. The first-order chi connectivity index (χ1) is 10.8. The molecule has 0 saturated heterocycles. The molecule has 0 aliphatic heterocycles. The summed E-state index contributed by atoms with van der Waals surface area (Å²) in [4.78, 5) is 23.3. The van der Waals surface area contributed by atoms with Gasteiger partial charge in [-0.25, -0.2) is 0 Å². The van der Waals surface area contributed by atoms with Gasteiger partial charge in [0, 0.05) is 19.5 Å². The van der Waals surface area contributed by atoms with Crippen molar-refractivity contribution >= 4 is 11.8 Å². The molecule has 1 fully saturated rings. The largest absolute Gasteiger partial charge is 0.459 e. The summed E-state index contributed by atoms with van der Waals surface area (Å²) >= 11 is 0. The number of hydrogen-bond donors (Lipinski definition) is 2. The molecule has 0 spiro atoms. The van der Waals surface area contributed by atoms with E-state index in [4.69, 9.17) is 4.42 Å². The maximum absolute atomic E-state index is 11.7. The maximum Gasteiger partial charge on any atom is 0.286 e. The molecule has 122 valence electrons. The van der Waals surface area contributed by atoms with Crippen molar-refractivity contribution < 1.29 is 14.0 Å². The summed E-state index contributed by atoms with van der Waals surface area (Å²) in [7, 11) is 0. The summed E-state index contributed by atoms with van der Waals surface area (Å²) in [5.74, 6) is 1.02. The van der Waals surface area contributed by atoms with Crippen molar-refractivity contribution in [2.24, 2.45) is 5.92 Å². The minimum absolute atomic E-state index is 0.0682. The number of amides is 2. The van der Waals surface area contributed by atoms with Gasteiger partial charge in [-0.1, -0.05) is 25.7 Å². The number of rotatable bonds is 9. The Morgan fingerprint density at radius 1 is 1.14 bits per heavy atom. The molecule has 5 heteroatoms. The molecule has 1 aliphatic carbocycles. The Hall–Kier alpha value is -1.78. The van der Waals surface area contributed by atoms with Crippen molar-refractivity contribution in [3.63, 3.8) is 0 Å². The molecule has 0 radical (unpaired) electrons. The highest BCUT2D eigenvalue weighted by molar-refractivity contribution is 5.91. The molecule has 2 rings (SSSR count). The minimum Gasteiger partial charge on any atom is -0.459 e. The highest BCUT2D eigenvalue weighted by Crippen LogP contribution is 2.28. The molecule has 0 bridgehead atoms. The van der Waals surface area contributed by atoms with E-state index >= 15 is 0 Å². The molecule has 2 amide bonds. The molecule has 5 nitrogen and oxygen atoms in total. The number of carbonyl (C=O) groups is 2. The van der Waals surface area contributed by atoms with Crippen LogP contribution in [0, 0.1) is 5.92 Å². The summed E-state index contributed by atoms with van der Waals surface area (Å²) in [5, 5.41) is 5.68. The van der Waals surface area contributed by atoms with Gasteiger partial charge in [0.1, 0.15) is 0 Å². The number of nitrogens with one attached hydrogen (secondary N) is 2. The summed E-state index contributed by atoms with van der Waals surface area (Å²) in [6.45, 7) is 1.25. The zero-order valence-electron chi connectivity index (χ0n) is 13.1. The standard InChI is InChI=1S/C17H26N2O3/c20-16(18-11-3-8-14-6-1-2-7-14)10-4-12-19-17(21)15-9-5-13-22-15/h5,9,13-14H,1-4,6-8,10-12H2,(H,18,20)(H,19,21). The molecule has 22 heavy (non-hydrogen) atoms. The molecule has 2 N–H and O–H groups in total. The van der Waals surface area contributed by atoms with E-state index < -0.39 is 0 Å². The fraction of sp³-hybridized carbons (Fsp3) is 0.647. The highest BCUT2D eigenvalue weighted by Gasteiger charge is 2.14. The molecule has 1 saturated carbocycles. The number of hydrogen-bond acceptors (Lipinski definition) is 3. The topological polar surface area (TPSA) is 71.3 Å². The smallest absolute Gasteiger partial charge is 0.286 e. The van der Waals surface area contributed by atoms with Crippen LogP contribution in [0.2, 0.25) is 0 Å². The van der Waals surface area contributed by atoms with Gasteiger partial charge in [-0.05, 0) is 37.3 Å². The minimum atomic E-state index is -0.234. The van der Waals surface area contributed by atoms with Gasteiger partial charge in [-0.3, -0.25) is 9.59 Å². The summed E-state index contributed by atoms with van der Waals surface area (Å²) < 4.78 is 4.99. The van der Waals surface area contributed by atoms with Crippen LogP contribution in [0.4, 0.5) is 0 Å². The van der Waals surface area contributed by atoms with Crippen LogP contribution in [0.15, 0.2) is 22.8 Å². The lowest BCUT2D eigenvalue weighted by molar-refractivity contribution is -0.121. The fourth-order valence-corrected chi connectivity index (χ4v) is 2.95. The Bertz CT molecular complexity index is 450. The second-order valence-corrected chi connectivity index (χ2v) is 5.98. The van der Waals surface area contributed by atoms with E-state index in [-0.39, 0.29) is 11.8 Å². The first-order valence-electron chi connectivity index (χ1n) is 8.34. The van der Waals surface area contributed by atoms with Gasteiger partial charge in [0.25, 0.3) is 5.91 Å². The van der Waals surface area contributed by atoms with Gasteiger partial charge in [-0.2, -0.15) is 0 Å². The molecule has 1 heterocycles. The van der Waals surface area contributed by atoms with E-state index in [1.165, 1.54) is 38.4 Å². The zero-order chi connectivity index (χ0) is 15.6. The van der Waals surface area contributed by atoms with Crippen LogP contribution >= 0.6 is 0 Å². The van der Waals surface area contributed by atoms with E-state index in [1.807, 2.05) is 0 Å². The first-order valence-corrected chi connectivity index (χ1v) is 8.34. The third-order valence-corrected chi connectivity index (χ3v) is 4.20. The van der Waals surface area contributed by atoms with E-state index in [2.05, 4.69) is 10.6 Å². The normalized spacial score (nSPS) is 14.9. The average molecular weight is 306 g/mol. The lowest BCUT2D eigenvalue weighted by Crippen LogP contribution is -2.28. The Morgan fingerprint density at radius 2 is 1.91 bits per heavy atom. The van der Waals surface area contributed by atoms with Crippen LogP contribution in [0.3, 0.4) is 0 Å². The van der Waals surface area contributed by atoms with E-state index in [1.54, 1.807) is 12.1 Å². The van der Waals surface area contributed by atoms with Crippen molar-refractivity contribution in [1.29, 1.82) is 0 Å². The van der Waals surface area contributed by atoms with Crippen molar-refractivity contribution in [1.82, 2.24) is 10.6 Å². The van der Waals surface area contributed by atoms with E-state index in [0.29, 0.717) is 25.1 Å². The van der Waals surface area contributed by atoms with E-state index in [9.17, 15) is 9.59 Å². The molecular weight excluding hydrogens is 280 g/mol. The van der Waals surface area contributed by atoms with Crippen molar-refractivity contribution in [3.05, 3.63) is 24.2 Å². The monoisotopic (exact) mass is 306 g/mol. The van der Waals surface area contributed by atoms with Crippen LogP contribution in [0.5, 0.6) is 0 Å². The molecule has 1 aromatic heterocycles. The molecule has 0 aromatic carbocycles. The third kappa shape index (κ3) is 5.92. The Labute approximate surface area is 131 Å². The van der Waals surface area contributed by atoms with Crippen molar-refractivity contribution in [3.8, 4) is 0 Å². The maximum atomic E-state index is 11.7. The van der Waals surface area contributed by atoms with Crippen molar-refractivity contribution in [2.45, 2.75) is 51.4 Å². The first kappa shape index (κ1) is 16.6. The highest BCUT2D eigenvalue weighted by atomic mass is 16.3. The Kier molecular flexibility index (Phi) is 7.00. The SMILES string of the molecule is O=C(CCCNC(=O)c1ccco1)NCCCC1CCCC1. The number of carbonyl (C=O) groups excluding carboxylic acids is 2. The second kappa shape index (κ2) is 9.28. The lowest BCUT2D eigenvalue weighted by Gasteiger charge is -2.09. The Balaban J connectivity index is 1.44. The van der Waals surface area contributed by atoms with Gasteiger partial charge in [0.05, 0.1) is 6.26 Å². The van der Waals surface area contributed by atoms with Crippen LogP contribution in [-0.4, -0.2) is 24.9 Å². The quantitative estimate of drug-likeness (QED) is 0.689. The van der Waals surface area contributed by atoms with Gasteiger partial charge < -0.3 is 15.1 Å². The van der Waals surface area contributed by atoms with Gasteiger partial charge in [0.2, 0.25) is 5.91 Å². The summed E-state index contributed by atoms with van der Waals surface area (Å²) in [6.07, 6.45) is 10.3. The lowest BCUT2D eigenvalue weighted by atomic mass is 10.0. The third-order valence-electron chi connectivity index (χ3n) is 4.20. The average Bonchev–Trinajstić information content (AvgIpc) is 3.21. The molecule has 1 aliphatic rings. The van der Waals surface area contributed by atoms with Crippen LogP contribution in [-0.2, 0) is 4.79 Å². The van der Waals surface area contributed by atoms with Gasteiger partial charge >= 0.3 is 0 Å². The predicted octanol–water partition coefficient (Wildman–Crippen LogP) is 2.88.